The minimum absolute atomic E-state index is 0.0808. The van der Waals surface area contributed by atoms with Crippen molar-refractivity contribution in [3.8, 4) is 17.2 Å². The van der Waals surface area contributed by atoms with E-state index in [2.05, 4.69) is 106 Å². The van der Waals surface area contributed by atoms with E-state index < -0.39 is 8.60 Å². The molecule has 0 spiro atoms. The van der Waals surface area contributed by atoms with E-state index >= 15 is 0 Å². The Kier molecular flexibility index (Phi) is 7.68. The maximum absolute atomic E-state index is 6.54. The molecule has 0 bridgehead atoms. The topological polar surface area (TPSA) is 27.7 Å². The van der Waals surface area contributed by atoms with Gasteiger partial charge >= 0.3 is 8.60 Å². The first kappa shape index (κ1) is 26.1. The van der Waals surface area contributed by atoms with Crippen LogP contribution in [0.5, 0.6) is 17.2 Å². The van der Waals surface area contributed by atoms with Crippen LogP contribution < -0.4 is 13.6 Å². The highest BCUT2D eigenvalue weighted by Gasteiger charge is 2.28. The molecular weight excluding hydrogens is 439 g/mol. The highest BCUT2D eigenvalue weighted by molar-refractivity contribution is 7.43. The first-order chi connectivity index (χ1) is 15.7. The molecule has 0 aliphatic rings. The second-order valence-electron chi connectivity index (χ2n) is 11.3. The smallest absolute Gasteiger partial charge is 0.408 e. The van der Waals surface area contributed by atoms with E-state index in [9.17, 15) is 0 Å². The number of rotatable bonds is 6. The fourth-order valence-corrected chi connectivity index (χ4v) is 4.93. The van der Waals surface area contributed by atoms with E-state index in [1.54, 1.807) is 0 Å². The molecule has 3 nitrogen and oxygen atoms in total. The number of hydrogen-bond acceptors (Lipinski definition) is 3. The summed E-state index contributed by atoms with van der Waals surface area (Å²) in [6.07, 6.45) is 0. The van der Waals surface area contributed by atoms with Crippen molar-refractivity contribution >= 4 is 8.60 Å². The van der Waals surface area contributed by atoms with Gasteiger partial charge in [-0.25, -0.2) is 0 Å². The zero-order valence-corrected chi connectivity index (χ0v) is 23.3. The Morgan fingerprint density at radius 1 is 0.500 bits per heavy atom. The Balaban J connectivity index is 2.05. The van der Waals surface area contributed by atoms with Crippen LogP contribution in [0.15, 0.2) is 54.6 Å². The van der Waals surface area contributed by atoms with E-state index in [0.717, 1.165) is 33.9 Å². The van der Waals surface area contributed by atoms with Gasteiger partial charge in [-0.15, -0.1) is 0 Å². The molecule has 3 aromatic carbocycles. The summed E-state index contributed by atoms with van der Waals surface area (Å²) in [5.41, 5.74) is 6.75. The molecule has 0 heterocycles. The minimum atomic E-state index is -1.76. The normalized spacial score (nSPS) is 12.1. The van der Waals surface area contributed by atoms with Crippen molar-refractivity contribution < 1.29 is 13.6 Å². The van der Waals surface area contributed by atoms with Crippen LogP contribution in [0.3, 0.4) is 0 Å². The van der Waals surface area contributed by atoms with Gasteiger partial charge in [0.25, 0.3) is 0 Å². The molecule has 0 fully saturated rings. The average Bonchev–Trinajstić information content (AvgIpc) is 2.71. The third-order valence-electron chi connectivity index (χ3n) is 5.74. The van der Waals surface area contributed by atoms with Crippen molar-refractivity contribution in [3.63, 3.8) is 0 Å². The minimum Gasteiger partial charge on any atom is -0.408 e. The second-order valence-corrected chi connectivity index (χ2v) is 12.3. The van der Waals surface area contributed by atoms with Gasteiger partial charge in [0.1, 0.15) is 17.2 Å². The molecule has 3 aromatic rings. The monoisotopic (exact) mass is 478 g/mol. The van der Waals surface area contributed by atoms with Crippen LogP contribution in [0.2, 0.25) is 0 Å². The lowest BCUT2D eigenvalue weighted by Gasteiger charge is -2.27. The number of hydrogen-bond donors (Lipinski definition) is 0. The molecule has 0 aromatic heterocycles. The van der Waals surface area contributed by atoms with Crippen molar-refractivity contribution in [1.29, 1.82) is 0 Å². The Morgan fingerprint density at radius 2 is 0.853 bits per heavy atom. The van der Waals surface area contributed by atoms with Crippen LogP contribution in [-0.4, -0.2) is 0 Å². The summed E-state index contributed by atoms with van der Waals surface area (Å²) in [7, 11) is -1.76. The lowest BCUT2D eigenvalue weighted by Crippen LogP contribution is -2.16. The van der Waals surface area contributed by atoms with E-state index in [1.165, 1.54) is 16.7 Å². The Morgan fingerprint density at radius 3 is 1.24 bits per heavy atom. The van der Waals surface area contributed by atoms with E-state index in [-0.39, 0.29) is 10.8 Å². The fourth-order valence-electron chi connectivity index (χ4n) is 3.82. The van der Waals surface area contributed by atoms with Gasteiger partial charge in [0, 0.05) is 11.1 Å². The molecule has 4 heteroatoms. The predicted octanol–water partition coefficient (Wildman–Crippen LogP) is 9.28. The van der Waals surface area contributed by atoms with Crippen LogP contribution in [0.4, 0.5) is 0 Å². The fraction of sp³-hybridized carbons (Fsp3) is 0.400. The quantitative estimate of drug-likeness (QED) is 0.330. The molecule has 0 saturated heterocycles. The van der Waals surface area contributed by atoms with Crippen molar-refractivity contribution in [2.75, 3.05) is 0 Å². The predicted molar refractivity (Wildman–Crippen MR) is 144 cm³/mol. The molecule has 0 radical (unpaired) electrons. The van der Waals surface area contributed by atoms with Gasteiger partial charge in [0.2, 0.25) is 0 Å². The van der Waals surface area contributed by atoms with Crippen LogP contribution in [-0.2, 0) is 10.8 Å². The summed E-state index contributed by atoms with van der Waals surface area (Å²) in [6.45, 7) is 21.5. The Bertz CT molecular complexity index is 1090. The third kappa shape index (κ3) is 6.54. The summed E-state index contributed by atoms with van der Waals surface area (Å²) >= 11 is 0. The van der Waals surface area contributed by atoms with Crippen molar-refractivity contribution in [2.45, 2.75) is 80.1 Å². The van der Waals surface area contributed by atoms with Crippen molar-refractivity contribution in [2.24, 2.45) is 0 Å². The van der Waals surface area contributed by atoms with Crippen LogP contribution in [0.25, 0.3) is 0 Å². The zero-order chi connectivity index (χ0) is 25.3. The average molecular weight is 479 g/mol. The standard InChI is InChI=1S/C30H39O3P/c1-20-11-14-26(23(4)17-20)31-34(32-27-15-12-21(2)18-24(27)29(5,6)7)33-28-16-13-22(3)19-25(28)30(8,9)10/h11-19H,1-10H3. The molecule has 182 valence electrons. The SMILES string of the molecule is Cc1ccc(OP(Oc2ccc(C)cc2C(C)(C)C)Oc2ccc(C)cc2C(C)(C)C)c(C)c1. The summed E-state index contributed by atoms with van der Waals surface area (Å²) in [6, 6.07) is 18.7. The lowest BCUT2D eigenvalue weighted by atomic mass is 9.85. The highest BCUT2D eigenvalue weighted by atomic mass is 31.2. The van der Waals surface area contributed by atoms with E-state index in [1.807, 2.05) is 18.2 Å². The summed E-state index contributed by atoms with van der Waals surface area (Å²) < 4.78 is 19.5. The molecule has 0 N–H and O–H groups in total. The summed E-state index contributed by atoms with van der Waals surface area (Å²) in [5, 5.41) is 0. The molecule has 0 aliphatic heterocycles. The highest BCUT2D eigenvalue weighted by Crippen LogP contribution is 2.48. The van der Waals surface area contributed by atoms with Crippen molar-refractivity contribution in [1.82, 2.24) is 0 Å². The second kappa shape index (κ2) is 10.0. The lowest BCUT2D eigenvalue weighted by molar-refractivity contribution is 0.376. The van der Waals surface area contributed by atoms with Gasteiger partial charge in [-0.05, 0) is 62.3 Å². The van der Waals surface area contributed by atoms with Crippen LogP contribution >= 0.6 is 8.60 Å². The van der Waals surface area contributed by atoms with Gasteiger partial charge in [-0.2, -0.15) is 0 Å². The van der Waals surface area contributed by atoms with Gasteiger partial charge < -0.3 is 13.6 Å². The summed E-state index contributed by atoms with van der Waals surface area (Å²) in [5.74, 6) is 2.35. The molecule has 0 atom stereocenters. The van der Waals surface area contributed by atoms with Crippen LogP contribution in [0, 0.1) is 27.7 Å². The molecular formula is C30H39O3P. The van der Waals surface area contributed by atoms with Crippen LogP contribution in [0.1, 0.15) is 74.9 Å². The Hall–Kier alpha value is -2.51. The summed E-state index contributed by atoms with van der Waals surface area (Å²) in [4.78, 5) is 0. The van der Waals surface area contributed by atoms with Crippen molar-refractivity contribution in [3.05, 3.63) is 88.0 Å². The zero-order valence-electron chi connectivity index (χ0n) is 22.4. The number of aryl methyl sites for hydroxylation is 4. The van der Waals surface area contributed by atoms with Gasteiger partial charge in [0.15, 0.2) is 0 Å². The first-order valence-electron chi connectivity index (χ1n) is 11.9. The number of benzene rings is 3. The molecule has 0 amide bonds. The largest absolute Gasteiger partial charge is 0.530 e. The van der Waals surface area contributed by atoms with Gasteiger partial charge in [-0.3, -0.25) is 0 Å². The molecule has 0 unspecified atom stereocenters. The van der Waals surface area contributed by atoms with E-state index in [4.69, 9.17) is 13.6 Å². The molecule has 0 saturated carbocycles. The Labute approximate surface area is 207 Å². The molecule has 34 heavy (non-hydrogen) atoms. The van der Waals surface area contributed by atoms with Gasteiger partial charge in [-0.1, -0.05) is 94.6 Å². The molecule has 0 aliphatic carbocycles. The third-order valence-corrected chi connectivity index (χ3v) is 6.77. The first-order valence-corrected chi connectivity index (χ1v) is 13.0. The molecule has 3 rings (SSSR count). The maximum atomic E-state index is 6.54. The van der Waals surface area contributed by atoms with E-state index in [0.29, 0.717) is 0 Å². The van der Waals surface area contributed by atoms with Gasteiger partial charge in [0.05, 0.1) is 0 Å². The maximum Gasteiger partial charge on any atom is 0.530 e.